The van der Waals surface area contributed by atoms with E-state index in [1.807, 2.05) is 214 Å². The number of rotatable bonds is 23. The molecule has 81 heavy (non-hydrogen) atoms. The number of carbonyl (C=O) groups is 8. The van der Waals surface area contributed by atoms with E-state index in [4.69, 9.17) is 5.48 Å². The van der Waals surface area contributed by atoms with Gasteiger partial charge in [0.05, 0.1) is 24.2 Å². The monoisotopic (exact) mass is 1160 g/mol. The fraction of sp³-hybridized carbons (Fsp3) is 0.877. The average Bonchev–Trinajstić information content (AvgIpc) is 3.40. The van der Waals surface area contributed by atoms with E-state index in [1.54, 1.807) is 13.8 Å². The van der Waals surface area contributed by atoms with Crippen LogP contribution in [-0.2, 0) is 38.4 Å². The first-order chi connectivity index (χ1) is 38.2. The second-order valence-corrected chi connectivity index (χ2v) is 27.5. The smallest absolute Gasteiger partial charge is 0.237 e. The third-order valence-electron chi connectivity index (χ3n) is 19.7. The van der Waals surface area contributed by atoms with Crippen molar-refractivity contribution in [3.63, 3.8) is 0 Å². The Hall–Kier alpha value is -3.60. The van der Waals surface area contributed by atoms with Crippen LogP contribution in [0.1, 0.15) is 223 Å². The molecular formula is C65H130N8O8. The van der Waals surface area contributed by atoms with Crippen molar-refractivity contribution in [1.29, 1.82) is 0 Å². The lowest BCUT2D eigenvalue weighted by molar-refractivity contribution is -0.137. The van der Waals surface area contributed by atoms with Crippen LogP contribution in [0.2, 0.25) is 0 Å². The van der Waals surface area contributed by atoms with Crippen LogP contribution in [0.3, 0.4) is 0 Å². The topological polar surface area (TPSA) is 198 Å². The molecule has 16 nitrogen and oxygen atoms in total. The maximum Gasteiger partial charge on any atom is 0.237 e. The van der Waals surface area contributed by atoms with Gasteiger partial charge >= 0.3 is 0 Å². The molecule has 0 spiro atoms. The van der Waals surface area contributed by atoms with E-state index in [-0.39, 0.29) is 71.6 Å². The SMILES string of the molecule is CC.CC.[2H]C(=O)C(C)(C)C(C)(C)C(C)(C)C(C)(C)NC(=O)C(C)N(C)C.[2H]C(=O)C(C)(C)C(C)(C)C(C)(C)NC(=O)C(C)N(C)C.[2H]C(=O)C(C)(C)C1CCCCC1NC(=O)[C@H](C)N(C)C.[2H]C(=O)C1CCCCC1CNC(=O)[C@H](C)N(C)C. The van der Waals surface area contributed by atoms with Gasteiger partial charge < -0.3 is 40.4 Å². The van der Waals surface area contributed by atoms with Gasteiger partial charge in [-0.1, -0.05) is 136 Å². The summed E-state index contributed by atoms with van der Waals surface area (Å²) in [5.74, 6) is -0.127. The van der Waals surface area contributed by atoms with Gasteiger partial charge in [0, 0.05) is 45.8 Å². The highest BCUT2D eigenvalue weighted by atomic mass is 16.2. The zero-order valence-corrected chi connectivity index (χ0v) is 58.0. The lowest BCUT2D eigenvalue weighted by Gasteiger charge is -2.57. The van der Waals surface area contributed by atoms with Gasteiger partial charge in [-0.25, -0.2) is 0 Å². The number of aldehydes is 4. The minimum Gasteiger partial charge on any atom is -0.354 e. The van der Waals surface area contributed by atoms with Crippen molar-refractivity contribution < 1.29 is 43.8 Å². The largest absolute Gasteiger partial charge is 0.354 e. The van der Waals surface area contributed by atoms with E-state index in [2.05, 4.69) is 35.1 Å². The number of hydrogen-bond acceptors (Lipinski definition) is 12. The second-order valence-electron chi connectivity index (χ2n) is 27.5. The molecule has 0 bridgehead atoms. The summed E-state index contributed by atoms with van der Waals surface area (Å²) in [6.07, 6.45) is 5.56. The summed E-state index contributed by atoms with van der Waals surface area (Å²) in [5.41, 5.74) is -5.05. The third kappa shape index (κ3) is 24.5. The molecule has 2 rings (SSSR count). The molecule has 2 saturated carbocycles. The van der Waals surface area contributed by atoms with Gasteiger partial charge in [0.15, 0.2) is 0 Å². The molecule has 4 N–H and O–H groups in total. The van der Waals surface area contributed by atoms with Crippen LogP contribution in [0.25, 0.3) is 0 Å². The maximum atomic E-state index is 12.5. The summed E-state index contributed by atoms with van der Waals surface area (Å²) in [6.45, 7) is 46.4. The Bertz CT molecular complexity index is 2110. The van der Waals surface area contributed by atoms with E-state index in [0.717, 1.165) is 51.4 Å². The number of nitrogens with one attached hydrogen (secondary N) is 4. The predicted octanol–water partition coefficient (Wildman–Crippen LogP) is 10.1. The summed E-state index contributed by atoms with van der Waals surface area (Å²) in [4.78, 5) is 103. The van der Waals surface area contributed by atoms with E-state index in [1.165, 1.54) is 0 Å². The molecule has 0 aliphatic heterocycles. The maximum absolute atomic E-state index is 12.5. The fourth-order valence-electron chi connectivity index (χ4n) is 9.21. The molecule has 0 aromatic rings. The van der Waals surface area contributed by atoms with Gasteiger partial charge in [-0.3, -0.25) is 38.8 Å². The summed E-state index contributed by atoms with van der Waals surface area (Å²) < 4.78 is 29.9. The second kappa shape index (κ2) is 36.3. The van der Waals surface area contributed by atoms with Crippen LogP contribution >= 0.6 is 0 Å². The van der Waals surface area contributed by atoms with Crippen molar-refractivity contribution in [3.8, 4) is 0 Å². The van der Waals surface area contributed by atoms with E-state index < -0.39 is 68.6 Å². The first-order valence-corrected chi connectivity index (χ1v) is 30.1. The van der Waals surface area contributed by atoms with Crippen molar-refractivity contribution >= 4 is 48.7 Å². The van der Waals surface area contributed by atoms with Gasteiger partial charge in [0.1, 0.15) is 30.5 Å². The Morgan fingerprint density at radius 2 is 0.802 bits per heavy atom. The average molecular weight is 1160 g/mol. The van der Waals surface area contributed by atoms with Gasteiger partial charge in [-0.05, 0) is 166 Å². The lowest BCUT2D eigenvalue weighted by atomic mass is 9.50. The quantitative estimate of drug-likeness (QED) is 0.0708. The highest BCUT2D eigenvalue weighted by Gasteiger charge is 2.55. The highest BCUT2D eigenvalue weighted by Crippen LogP contribution is 2.55. The molecule has 0 saturated heterocycles. The van der Waals surface area contributed by atoms with Gasteiger partial charge in [-0.15, -0.1) is 0 Å². The first-order valence-electron chi connectivity index (χ1n) is 32.1. The highest BCUT2D eigenvalue weighted by molar-refractivity contribution is 5.83. The normalized spacial score (nSPS) is 20.3. The van der Waals surface area contributed by atoms with Crippen molar-refractivity contribution in [1.82, 2.24) is 40.9 Å². The standard InChI is InChI=1S/C18H36N2O2.C15H28N2O2.C15H30N2O2.C13H24N2O2.2C2H6/c1-13(20(10)11)14(22)19-18(8,9)17(6,7)16(4,5)15(2,3)12-21;1-11(17(4)5)14(19)16-13-9-7-6-8-12(13)15(2,3)10-18;1-11(17(8)9)12(19)16-15(6,7)14(4,5)13(2,3)10-18;1-10(15(2)3)13(17)14-8-11-6-4-5-7-12(11)9-16;2*1-2/h12-13H,1-11H3,(H,19,22);10-13H,6-9H2,1-5H3,(H,16,19);10-11H,1-9H3,(H,16,19);9-12H,4-8H2,1-3H3,(H,14,17);2*1-2H3/t;11-,12?,13?;;10-,11?,12?;;/m.0.0../s1/i12D;2*10D;9D;;. The van der Waals surface area contributed by atoms with E-state index in [9.17, 15) is 38.4 Å². The van der Waals surface area contributed by atoms with Gasteiger partial charge in [0.2, 0.25) is 23.6 Å². The Kier molecular flexibility index (Phi) is 33.8. The lowest BCUT2D eigenvalue weighted by Crippen LogP contribution is -2.64. The molecule has 2 fully saturated rings. The van der Waals surface area contributed by atoms with Crippen LogP contribution in [0, 0.1) is 50.2 Å². The Morgan fingerprint density at radius 1 is 0.469 bits per heavy atom. The molecular weight excluding hydrogens is 1020 g/mol. The first kappa shape index (κ1) is 75.4. The fourth-order valence-corrected chi connectivity index (χ4v) is 9.21. The van der Waals surface area contributed by atoms with Crippen LogP contribution in [0.5, 0.6) is 0 Å². The van der Waals surface area contributed by atoms with Gasteiger partial charge in [-0.2, -0.15) is 0 Å². The molecule has 0 aromatic carbocycles. The van der Waals surface area contributed by atoms with Crippen molar-refractivity contribution in [2.75, 3.05) is 62.9 Å². The molecule has 0 aromatic heterocycles. The number of amides is 4. The summed E-state index contributed by atoms with van der Waals surface area (Å²) in [6, 6.07) is -0.840. The zero-order chi connectivity index (χ0) is 68.7. The van der Waals surface area contributed by atoms with Crippen molar-refractivity contribution in [2.45, 2.75) is 259 Å². The summed E-state index contributed by atoms with van der Waals surface area (Å²) in [7, 11) is 14.9. The molecule has 4 amide bonds. The number of carbonyl (C=O) groups excluding carboxylic acids is 8. The van der Waals surface area contributed by atoms with Crippen molar-refractivity contribution in [3.05, 3.63) is 0 Å². The van der Waals surface area contributed by atoms with Crippen LogP contribution in [-0.4, -0.2) is 172 Å². The zero-order valence-electron chi connectivity index (χ0n) is 62.0. The Labute approximate surface area is 503 Å². The van der Waals surface area contributed by atoms with Crippen LogP contribution in [0.4, 0.5) is 0 Å². The third-order valence-corrected chi connectivity index (χ3v) is 19.7. The summed E-state index contributed by atoms with van der Waals surface area (Å²) >= 11 is 0. The number of likely N-dealkylation sites (N-methyl/N-ethyl adjacent to an activating group) is 4. The molecule has 6 unspecified atom stereocenters. The predicted molar refractivity (Wildman–Crippen MR) is 339 cm³/mol. The molecule has 16 heteroatoms. The van der Waals surface area contributed by atoms with Crippen LogP contribution in [0.15, 0.2) is 0 Å². The molecule has 0 heterocycles. The molecule has 0 radical (unpaired) electrons. The Balaban J connectivity index is -0.000000505. The molecule has 8 atom stereocenters. The Morgan fingerprint density at radius 3 is 1.17 bits per heavy atom. The molecule has 2 aliphatic rings. The van der Waals surface area contributed by atoms with E-state index in [0.29, 0.717) is 6.54 Å². The summed E-state index contributed by atoms with van der Waals surface area (Å²) in [5, 5.41) is 12.2. The minimum absolute atomic E-state index is 0.000120. The number of hydrogen-bond donors (Lipinski definition) is 4. The van der Waals surface area contributed by atoms with Gasteiger partial charge in [0.25, 0.3) is 0 Å². The molecule has 478 valence electrons. The van der Waals surface area contributed by atoms with E-state index >= 15 is 0 Å². The molecule has 2 aliphatic carbocycles. The van der Waals surface area contributed by atoms with Crippen LogP contribution < -0.4 is 21.3 Å². The minimum atomic E-state index is -0.856. The van der Waals surface area contributed by atoms with Crippen molar-refractivity contribution in [2.24, 2.45) is 50.2 Å². The number of nitrogens with zero attached hydrogens (tertiary/aromatic N) is 4.